The number of carbonyl (C=O) groups is 1. The number of aromatic nitrogens is 1. The average Bonchev–Trinajstić information content (AvgIpc) is 3.16. The molecule has 0 radical (unpaired) electrons. The molecule has 27 heavy (non-hydrogen) atoms. The number of rotatable bonds is 5. The van der Waals surface area contributed by atoms with E-state index in [4.69, 9.17) is 14.2 Å². The summed E-state index contributed by atoms with van der Waals surface area (Å²) in [6.07, 6.45) is 3.15. The first-order chi connectivity index (χ1) is 13.2. The van der Waals surface area contributed by atoms with Gasteiger partial charge in [0, 0.05) is 18.0 Å². The van der Waals surface area contributed by atoms with Crippen molar-refractivity contribution in [2.45, 2.75) is 0 Å². The van der Waals surface area contributed by atoms with E-state index in [2.05, 4.69) is 15.6 Å². The minimum absolute atomic E-state index is 0.188. The molecule has 1 aliphatic heterocycles. The van der Waals surface area contributed by atoms with E-state index in [0.717, 1.165) is 5.69 Å². The van der Waals surface area contributed by atoms with E-state index in [-0.39, 0.29) is 12.7 Å². The van der Waals surface area contributed by atoms with Crippen LogP contribution < -0.4 is 24.8 Å². The predicted octanol–water partition coefficient (Wildman–Crippen LogP) is 3.81. The molecule has 0 spiro atoms. The fourth-order valence-electron chi connectivity index (χ4n) is 2.71. The summed E-state index contributed by atoms with van der Waals surface area (Å²) in [4.78, 5) is 16.7. The molecule has 0 unspecified atom stereocenters. The molecular weight excluding hydrogens is 346 g/mol. The van der Waals surface area contributed by atoms with Gasteiger partial charge in [-0.3, -0.25) is 9.78 Å². The number of anilines is 3. The molecule has 2 aromatic carbocycles. The van der Waals surface area contributed by atoms with Crippen molar-refractivity contribution in [2.75, 3.05) is 24.5 Å². The highest BCUT2D eigenvalue weighted by molar-refractivity contribution is 6.04. The van der Waals surface area contributed by atoms with Crippen LogP contribution in [0.25, 0.3) is 0 Å². The summed E-state index contributed by atoms with van der Waals surface area (Å²) in [6.45, 7) is 0.188. The van der Waals surface area contributed by atoms with Crippen molar-refractivity contribution in [3.63, 3.8) is 0 Å². The summed E-state index contributed by atoms with van der Waals surface area (Å²) in [5.74, 6) is 1.70. The van der Waals surface area contributed by atoms with Crippen LogP contribution in [0.4, 0.5) is 17.1 Å². The Labute approximate surface area is 155 Å². The first kappa shape index (κ1) is 16.7. The Morgan fingerprint density at radius 3 is 2.78 bits per heavy atom. The van der Waals surface area contributed by atoms with Gasteiger partial charge >= 0.3 is 0 Å². The maximum absolute atomic E-state index is 12.6. The van der Waals surface area contributed by atoms with Gasteiger partial charge < -0.3 is 24.8 Å². The zero-order valence-corrected chi connectivity index (χ0v) is 14.6. The van der Waals surface area contributed by atoms with Crippen LogP contribution >= 0.6 is 0 Å². The van der Waals surface area contributed by atoms with Crippen molar-refractivity contribution in [1.29, 1.82) is 0 Å². The lowest BCUT2D eigenvalue weighted by Gasteiger charge is -2.11. The van der Waals surface area contributed by atoms with E-state index in [0.29, 0.717) is 34.2 Å². The van der Waals surface area contributed by atoms with Gasteiger partial charge in [0.1, 0.15) is 5.75 Å². The third-order valence-electron chi connectivity index (χ3n) is 4.02. The van der Waals surface area contributed by atoms with Crippen molar-refractivity contribution in [2.24, 2.45) is 0 Å². The van der Waals surface area contributed by atoms with Gasteiger partial charge in [-0.2, -0.15) is 0 Å². The maximum Gasteiger partial charge on any atom is 0.257 e. The topological polar surface area (TPSA) is 81.7 Å². The molecule has 1 aliphatic rings. The normalized spacial score (nSPS) is 11.7. The summed E-state index contributed by atoms with van der Waals surface area (Å²) < 4.78 is 15.9. The predicted molar refractivity (Wildman–Crippen MR) is 101 cm³/mol. The highest BCUT2D eigenvalue weighted by atomic mass is 16.7. The molecule has 7 nitrogen and oxygen atoms in total. The van der Waals surface area contributed by atoms with E-state index < -0.39 is 0 Å². The number of pyridine rings is 1. The second-order valence-corrected chi connectivity index (χ2v) is 5.81. The van der Waals surface area contributed by atoms with Crippen LogP contribution in [0.5, 0.6) is 17.2 Å². The van der Waals surface area contributed by atoms with Crippen molar-refractivity contribution < 1.29 is 19.0 Å². The van der Waals surface area contributed by atoms with Gasteiger partial charge in [-0.15, -0.1) is 0 Å². The Bertz CT molecular complexity index is 990. The zero-order chi connectivity index (χ0) is 18.6. The lowest BCUT2D eigenvalue weighted by atomic mass is 10.2. The second kappa shape index (κ2) is 7.25. The second-order valence-electron chi connectivity index (χ2n) is 5.81. The van der Waals surface area contributed by atoms with Crippen LogP contribution in [0, 0.1) is 0 Å². The lowest BCUT2D eigenvalue weighted by Crippen LogP contribution is -2.12. The number of para-hydroxylation sites is 2. The molecule has 0 aliphatic carbocycles. The quantitative estimate of drug-likeness (QED) is 0.717. The largest absolute Gasteiger partial charge is 0.495 e. The highest BCUT2D eigenvalue weighted by Crippen LogP contribution is 2.34. The first-order valence-electron chi connectivity index (χ1n) is 8.29. The Kier molecular flexibility index (Phi) is 4.49. The van der Waals surface area contributed by atoms with Crippen LogP contribution in [-0.2, 0) is 0 Å². The van der Waals surface area contributed by atoms with Crippen LogP contribution in [0.2, 0.25) is 0 Å². The maximum atomic E-state index is 12.6. The van der Waals surface area contributed by atoms with Crippen molar-refractivity contribution in [3.8, 4) is 17.2 Å². The number of methoxy groups -OCH3 is 1. The molecular formula is C20H17N3O4. The number of hydrogen-bond donors (Lipinski definition) is 2. The van der Waals surface area contributed by atoms with E-state index in [1.807, 2.05) is 24.3 Å². The van der Waals surface area contributed by atoms with Gasteiger partial charge in [0.2, 0.25) is 6.79 Å². The number of benzene rings is 2. The van der Waals surface area contributed by atoms with Gasteiger partial charge in [0.25, 0.3) is 5.91 Å². The Morgan fingerprint density at radius 1 is 1.04 bits per heavy atom. The summed E-state index contributed by atoms with van der Waals surface area (Å²) in [5, 5.41) is 6.05. The SMILES string of the molecule is COc1ccccc1Nc1cncc(C(=O)Nc2ccc3c(c2)OCO3)c1. The third-order valence-corrected chi connectivity index (χ3v) is 4.02. The molecule has 2 heterocycles. The molecule has 0 saturated carbocycles. The number of carbonyl (C=O) groups excluding carboxylic acids is 1. The van der Waals surface area contributed by atoms with Crippen molar-refractivity contribution in [3.05, 3.63) is 66.5 Å². The fourth-order valence-corrected chi connectivity index (χ4v) is 2.71. The van der Waals surface area contributed by atoms with E-state index in [9.17, 15) is 4.79 Å². The first-order valence-corrected chi connectivity index (χ1v) is 8.29. The minimum atomic E-state index is -0.273. The van der Waals surface area contributed by atoms with Crippen LogP contribution in [0.3, 0.4) is 0 Å². The lowest BCUT2D eigenvalue weighted by molar-refractivity contribution is 0.102. The van der Waals surface area contributed by atoms with Crippen LogP contribution in [0.15, 0.2) is 60.9 Å². The van der Waals surface area contributed by atoms with Crippen LogP contribution in [0.1, 0.15) is 10.4 Å². The summed E-state index contributed by atoms with van der Waals surface area (Å²) >= 11 is 0. The summed E-state index contributed by atoms with van der Waals surface area (Å²) in [7, 11) is 1.61. The van der Waals surface area contributed by atoms with Crippen molar-refractivity contribution in [1.82, 2.24) is 4.98 Å². The molecule has 1 aromatic heterocycles. The number of nitrogens with zero attached hydrogens (tertiary/aromatic N) is 1. The summed E-state index contributed by atoms with van der Waals surface area (Å²) in [6, 6.07) is 14.5. The molecule has 3 aromatic rings. The zero-order valence-electron chi connectivity index (χ0n) is 14.6. The highest BCUT2D eigenvalue weighted by Gasteiger charge is 2.15. The Morgan fingerprint density at radius 2 is 1.89 bits per heavy atom. The molecule has 0 atom stereocenters. The van der Waals surface area contributed by atoms with Gasteiger partial charge in [-0.25, -0.2) is 0 Å². The number of ether oxygens (including phenoxy) is 3. The van der Waals surface area contributed by atoms with Crippen LogP contribution in [-0.4, -0.2) is 24.8 Å². The number of nitrogens with one attached hydrogen (secondary N) is 2. The van der Waals surface area contributed by atoms with E-state index in [1.165, 1.54) is 6.20 Å². The van der Waals surface area contributed by atoms with E-state index >= 15 is 0 Å². The molecule has 2 N–H and O–H groups in total. The minimum Gasteiger partial charge on any atom is -0.495 e. The standard InChI is InChI=1S/C20H17N3O4/c1-25-17-5-3-2-4-16(17)22-15-8-13(10-21-11-15)20(24)23-14-6-7-18-19(9-14)27-12-26-18/h2-11,22H,12H2,1H3,(H,23,24). The van der Waals surface area contributed by atoms with Gasteiger partial charge in [-0.05, 0) is 30.3 Å². The Hall–Kier alpha value is -3.74. The number of fused-ring (bicyclic) bond motifs is 1. The monoisotopic (exact) mass is 363 g/mol. The molecule has 136 valence electrons. The number of amides is 1. The molecule has 1 amide bonds. The molecule has 0 bridgehead atoms. The third kappa shape index (κ3) is 3.62. The molecule has 4 rings (SSSR count). The average molecular weight is 363 g/mol. The van der Waals surface area contributed by atoms with Gasteiger partial charge in [0.05, 0.1) is 30.2 Å². The van der Waals surface area contributed by atoms with Gasteiger partial charge in [0.15, 0.2) is 11.5 Å². The smallest absolute Gasteiger partial charge is 0.257 e. The molecule has 7 heteroatoms. The molecule has 0 saturated heterocycles. The Balaban J connectivity index is 1.51. The van der Waals surface area contributed by atoms with Gasteiger partial charge in [-0.1, -0.05) is 12.1 Å². The van der Waals surface area contributed by atoms with E-state index in [1.54, 1.807) is 37.6 Å². The fraction of sp³-hybridized carbons (Fsp3) is 0.100. The summed E-state index contributed by atoms with van der Waals surface area (Å²) in [5.41, 5.74) is 2.51. The van der Waals surface area contributed by atoms with Crippen molar-refractivity contribution >= 4 is 23.0 Å². The number of hydrogen-bond acceptors (Lipinski definition) is 6. The molecule has 0 fully saturated rings.